The molecule has 3 rings (SSSR count). The van der Waals surface area contributed by atoms with Gasteiger partial charge in [0.25, 0.3) is 0 Å². The molecule has 70 valence electrons. The number of carbonyl (C=O) groups excluding carboxylic acids is 1. The largest absolute Gasteiger partial charge is 0.361 e. The van der Waals surface area contributed by atoms with Crippen LogP contribution in [0.4, 0.5) is 0 Å². The van der Waals surface area contributed by atoms with E-state index in [9.17, 15) is 4.79 Å². The first-order valence-electron chi connectivity index (χ1n) is 4.81. The molecular formula is C11H10N2O. The van der Waals surface area contributed by atoms with E-state index in [1.165, 1.54) is 5.56 Å². The van der Waals surface area contributed by atoms with Crippen molar-refractivity contribution < 1.29 is 4.79 Å². The average molecular weight is 186 g/mol. The lowest BCUT2D eigenvalue weighted by Gasteiger charge is -2.23. The summed E-state index contributed by atoms with van der Waals surface area (Å²) in [5.41, 5.74) is 3.36. The Bertz CT molecular complexity index is 454. The smallest absolute Gasteiger partial charge is 0.245 e. The Balaban J connectivity index is 2.14. The van der Waals surface area contributed by atoms with Crippen LogP contribution in [0.25, 0.3) is 6.08 Å². The molecule has 1 unspecified atom stereocenters. The minimum atomic E-state index is 0.0138. The highest BCUT2D eigenvalue weighted by Crippen LogP contribution is 2.33. The molecule has 0 radical (unpaired) electrons. The summed E-state index contributed by atoms with van der Waals surface area (Å²) in [5, 5.41) is 0. The number of allylic oxidation sites excluding steroid dienone is 1. The monoisotopic (exact) mass is 186 g/mol. The van der Waals surface area contributed by atoms with Crippen LogP contribution in [0.1, 0.15) is 30.0 Å². The third kappa shape index (κ3) is 0.985. The molecule has 14 heavy (non-hydrogen) atoms. The van der Waals surface area contributed by atoms with Crippen LogP contribution in [-0.2, 0) is 4.79 Å². The van der Waals surface area contributed by atoms with Gasteiger partial charge in [0, 0.05) is 24.2 Å². The van der Waals surface area contributed by atoms with Gasteiger partial charge in [-0.1, -0.05) is 0 Å². The van der Waals surface area contributed by atoms with Crippen LogP contribution in [0.2, 0.25) is 0 Å². The van der Waals surface area contributed by atoms with Gasteiger partial charge in [0.15, 0.2) is 0 Å². The Morgan fingerprint density at radius 2 is 2.36 bits per heavy atom. The Labute approximate surface area is 81.6 Å². The third-order valence-corrected chi connectivity index (χ3v) is 2.87. The van der Waals surface area contributed by atoms with Crippen molar-refractivity contribution in [2.45, 2.75) is 18.8 Å². The molecule has 1 amide bonds. The van der Waals surface area contributed by atoms with Crippen molar-refractivity contribution in [2.24, 2.45) is 4.99 Å². The van der Waals surface area contributed by atoms with Gasteiger partial charge in [0.2, 0.25) is 5.91 Å². The summed E-state index contributed by atoms with van der Waals surface area (Å²) in [6.45, 7) is 0. The van der Waals surface area contributed by atoms with Crippen LogP contribution < -0.4 is 0 Å². The van der Waals surface area contributed by atoms with Gasteiger partial charge in [-0.25, -0.2) is 4.99 Å². The molecule has 1 atom stereocenters. The molecule has 0 bridgehead atoms. The van der Waals surface area contributed by atoms with Crippen molar-refractivity contribution in [1.82, 2.24) is 4.98 Å². The second-order valence-corrected chi connectivity index (χ2v) is 3.70. The number of H-pyrrole nitrogens is 1. The lowest BCUT2D eigenvalue weighted by molar-refractivity contribution is -0.118. The van der Waals surface area contributed by atoms with Crippen LogP contribution in [0, 0.1) is 0 Å². The van der Waals surface area contributed by atoms with Crippen molar-refractivity contribution >= 4 is 17.7 Å². The number of hydrogen-bond donors (Lipinski definition) is 1. The van der Waals surface area contributed by atoms with E-state index in [1.807, 2.05) is 18.3 Å². The van der Waals surface area contributed by atoms with Crippen LogP contribution in [-0.4, -0.2) is 16.6 Å². The molecule has 0 saturated carbocycles. The first-order chi connectivity index (χ1) is 6.84. The summed E-state index contributed by atoms with van der Waals surface area (Å²) < 4.78 is 0. The number of nitrogens with zero attached hydrogens (tertiary/aromatic N) is 1. The zero-order valence-corrected chi connectivity index (χ0v) is 7.66. The molecule has 2 aliphatic rings. The summed E-state index contributed by atoms with van der Waals surface area (Å²) >= 11 is 0. The Hall–Kier alpha value is -1.64. The first kappa shape index (κ1) is 7.74. The van der Waals surface area contributed by atoms with Crippen molar-refractivity contribution in [1.29, 1.82) is 0 Å². The molecule has 1 aromatic heterocycles. The number of aliphatic imine (C=N–C) groups is 1. The Kier molecular flexibility index (Phi) is 1.48. The van der Waals surface area contributed by atoms with E-state index in [4.69, 9.17) is 0 Å². The van der Waals surface area contributed by atoms with Crippen LogP contribution in [0.3, 0.4) is 0 Å². The molecule has 1 aromatic rings. The summed E-state index contributed by atoms with van der Waals surface area (Å²) in [5.74, 6) is 0.346. The molecule has 0 aromatic carbocycles. The molecule has 0 fully saturated rings. The fourth-order valence-electron chi connectivity index (χ4n) is 2.17. The van der Waals surface area contributed by atoms with Gasteiger partial charge in [-0.15, -0.1) is 0 Å². The highest BCUT2D eigenvalue weighted by molar-refractivity contribution is 6.11. The molecule has 0 saturated heterocycles. The molecule has 3 nitrogen and oxygen atoms in total. The SMILES string of the molecule is O=C1CCC2C(=N1)C=Cc1[nH]ccc12. The van der Waals surface area contributed by atoms with Crippen LogP contribution >= 0.6 is 0 Å². The summed E-state index contributed by atoms with van der Waals surface area (Å²) in [7, 11) is 0. The molecule has 3 heteroatoms. The quantitative estimate of drug-likeness (QED) is 0.660. The second-order valence-electron chi connectivity index (χ2n) is 3.70. The number of fused-ring (bicyclic) bond motifs is 3. The van der Waals surface area contributed by atoms with Crippen LogP contribution in [0.5, 0.6) is 0 Å². The predicted molar refractivity (Wildman–Crippen MR) is 54.2 cm³/mol. The van der Waals surface area contributed by atoms with Crippen molar-refractivity contribution in [3.8, 4) is 0 Å². The first-order valence-corrected chi connectivity index (χ1v) is 4.81. The lowest BCUT2D eigenvalue weighted by atomic mass is 9.84. The third-order valence-electron chi connectivity index (χ3n) is 2.87. The highest BCUT2D eigenvalue weighted by Gasteiger charge is 2.27. The zero-order valence-electron chi connectivity index (χ0n) is 7.66. The Morgan fingerprint density at radius 3 is 3.29 bits per heavy atom. The van der Waals surface area contributed by atoms with Gasteiger partial charge in [-0.2, -0.15) is 0 Å². The second kappa shape index (κ2) is 2.67. The molecule has 2 heterocycles. The fourth-order valence-corrected chi connectivity index (χ4v) is 2.17. The van der Waals surface area contributed by atoms with Gasteiger partial charge >= 0.3 is 0 Å². The predicted octanol–water partition coefficient (Wildman–Crippen LogP) is 1.89. The normalized spacial score (nSPS) is 24.1. The van der Waals surface area contributed by atoms with Gasteiger partial charge < -0.3 is 4.98 Å². The van der Waals surface area contributed by atoms with Crippen LogP contribution in [0.15, 0.2) is 23.3 Å². The van der Waals surface area contributed by atoms with E-state index >= 15 is 0 Å². The molecule has 1 aliphatic heterocycles. The maximum absolute atomic E-state index is 11.1. The highest BCUT2D eigenvalue weighted by atomic mass is 16.1. The van der Waals surface area contributed by atoms with E-state index in [2.05, 4.69) is 16.0 Å². The number of carbonyl (C=O) groups is 1. The van der Waals surface area contributed by atoms with Crippen molar-refractivity contribution in [3.05, 3.63) is 29.6 Å². The van der Waals surface area contributed by atoms with Crippen molar-refractivity contribution in [3.63, 3.8) is 0 Å². The van der Waals surface area contributed by atoms with E-state index in [0.717, 1.165) is 17.8 Å². The average Bonchev–Trinajstić information content (AvgIpc) is 2.65. The van der Waals surface area contributed by atoms with E-state index in [-0.39, 0.29) is 5.91 Å². The maximum atomic E-state index is 11.1. The van der Waals surface area contributed by atoms with Gasteiger partial charge in [-0.05, 0) is 30.2 Å². The topological polar surface area (TPSA) is 45.2 Å². The summed E-state index contributed by atoms with van der Waals surface area (Å²) in [6.07, 6.45) is 7.34. The number of amides is 1. The standard InChI is InChI=1S/C11H10N2O/c14-11-4-1-7-8-5-6-12-9(8)2-3-10(7)13-11/h2-3,5-7,12H,1,4H2. The lowest BCUT2D eigenvalue weighted by Crippen LogP contribution is -2.21. The number of rotatable bonds is 0. The minimum Gasteiger partial charge on any atom is -0.361 e. The molecule has 1 N–H and O–H groups in total. The van der Waals surface area contributed by atoms with E-state index in [1.54, 1.807) is 0 Å². The van der Waals surface area contributed by atoms with Gasteiger partial charge in [-0.3, -0.25) is 4.79 Å². The van der Waals surface area contributed by atoms with Gasteiger partial charge in [0.05, 0.1) is 5.71 Å². The minimum absolute atomic E-state index is 0.0138. The number of nitrogens with one attached hydrogen (secondary N) is 1. The number of aromatic nitrogens is 1. The number of aromatic amines is 1. The molecule has 0 spiro atoms. The van der Waals surface area contributed by atoms with E-state index < -0.39 is 0 Å². The zero-order chi connectivity index (χ0) is 9.54. The molecule has 1 aliphatic carbocycles. The fraction of sp³-hybridized carbons (Fsp3) is 0.273. The van der Waals surface area contributed by atoms with E-state index in [0.29, 0.717) is 12.3 Å². The summed E-state index contributed by atoms with van der Waals surface area (Å²) in [6, 6.07) is 2.08. The molecular weight excluding hydrogens is 176 g/mol. The Morgan fingerprint density at radius 1 is 1.43 bits per heavy atom. The number of hydrogen-bond acceptors (Lipinski definition) is 1. The summed E-state index contributed by atoms with van der Waals surface area (Å²) in [4.78, 5) is 18.4. The van der Waals surface area contributed by atoms with Crippen molar-refractivity contribution in [2.75, 3.05) is 0 Å². The maximum Gasteiger partial charge on any atom is 0.245 e. The van der Waals surface area contributed by atoms with Gasteiger partial charge in [0.1, 0.15) is 0 Å².